The Morgan fingerprint density at radius 3 is 2.09 bits per heavy atom. The van der Waals surface area contributed by atoms with Gasteiger partial charge in [0.2, 0.25) is 27.6 Å². The van der Waals surface area contributed by atoms with E-state index in [-0.39, 0.29) is 43.6 Å². The zero-order chi connectivity index (χ0) is 35.9. The molecule has 47 heavy (non-hydrogen) atoms. The van der Waals surface area contributed by atoms with Crippen LogP contribution in [-0.4, -0.2) is 103 Å². The summed E-state index contributed by atoms with van der Waals surface area (Å²) < 4.78 is 26.4. The molecule has 2 aliphatic rings. The maximum absolute atomic E-state index is 14.3. The van der Waals surface area contributed by atoms with E-state index in [1.54, 1.807) is 0 Å². The molecule has 2 aliphatic heterocycles. The van der Waals surface area contributed by atoms with Gasteiger partial charge in [0.25, 0.3) is 5.91 Å². The van der Waals surface area contributed by atoms with E-state index in [2.05, 4.69) is 27.8 Å². The molecule has 2 saturated heterocycles. The molecular formula is C33H58N6O7S. The van der Waals surface area contributed by atoms with Crippen molar-refractivity contribution >= 4 is 39.6 Å². The highest BCUT2D eigenvalue weighted by Crippen LogP contribution is 2.33. The van der Waals surface area contributed by atoms with Crippen molar-refractivity contribution in [1.29, 1.82) is 0 Å². The summed E-state index contributed by atoms with van der Waals surface area (Å²) in [6, 6.07) is -4.16. The first kappa shape index (κ1) is 40.2. The van der Waals surface area contributed by atoms with E-state index >= 15 is 0 Å². The van der Waals surface area contributed by atoms with Crippen molar-refractivity contribution < 1.29 is 32.4 Å². The average molecular weight is 683 g/mol. The second-order valence-electron chi connectivity index (χ2n) is 15.2. The molecule has 5 atom stereocenters. The van der Waals surface area contributed by atoms with Crippen LogP contribution >= 0.6 is 0 Å². The molecule has 2 heterocycles. The van der Waals surface area contributed by atoms with Gasteiger partial charge in [-0.1, -0.05) is 74.8 Å². The highest BCUT2D eigenvalue weighted by atomic mass is 32.2. The van der Waals surface area contributed by atoms with Crippen molar-refractivity contribution in [2.75, 3.05) is 31.9 Å². The number of likely N-dealkylation sites (tertiary alicyclic amines) is 1. The van der Waals surface area contributed by atoms with E-state index in [4.69, 9.17) is 0 Å². The Labute approximate surface area is 281 Å². The molecule has 0 aromatic rings. The Bertz CT molecular complexity index is 1270. The second-order valence-corrected chi connectivity index (χ2v) is 17.3. The molecule has 0 bridgehead atoms. The molecule has 0 radical (unpaired) electrons. The van der Waals surface area contributed by atoms with Crippen LogP contribution in [0.1, 0.15) is 88.0 Å². The third-order valence-corrected chi connectivity index (χ3v) is 10.9. The summed E-state index contributed by atoms with van der Waals surface area (Å²) in [5.41, 5.74) is -1.25. The molecule has 0 aromatic carbocycles. The number of hydrogen-bond acceptors (Lipinski definition) is 7. The molecule has 5 amide bonds. The topological polar surface area (TPSA) is 174 Å². The van der Waals surface area contributed by atoms with Crippen molar-refractivity contribution in [3.8, 4) is 0 Å². The summed E-state index contributed by atoms with van der Waals surface area (Å²) in [7, 11) is -3.39. The van der Waals surface area contributed by atoms with Crippen molar-refractivity contribution in [2.24, 2.45) is 22.7 Å². The van der Waals surface area contributed by atoms with Crippen molar-refractivity contribution in [3.05, 3.63) is 12.7 Å². The minimum atomic E-state index is -3.39. The van der Waals surface area contributed by atoms with E-state index in [0.717, 1.165) is 0 Å². The lowest BCUT2D eigenvalue weighted by Gasteiger charge is -2.38. The van der Waals surface area contributed by atoms with Gasteiger partial charge >= 0.3 is 6.03 Å². The Morgan fingerprint density at radius 1 is 0.957 bits per heavy atom. The van der Waals surface area contributed by atoms with Crippen LogP contribution < -0.4 is 21.3 Å². The van der Waals surface area contributed by atoms with Gasteiger partial charge in [0.05, 0.1) is 11.8 Å². The number of urea groups is 1. The zero-order valence-corrected chi connectivity index (χ0v) is 30.6. The highest BCUT2D eigenvalue weighted by molar-refractivity contribution is 7.89. The highest BCUT2D eigenvalue weighted by Gasteiger charge is 2.48. The Hall–Kier alpha value is -3.00. The van der Waals surface area contributed by atoms with Crippen molar-refractivity contribution in [2.45, 2.75) is 112 Å². The van der Waals surface area contributed by atoms with Gasteiger partial charge in [0.1, 0.15) is 12.1 Å². The van der Waals surface area contributed by atoms with Gasteiger partial charge in [0, 0.05) is 32.2 Å². The fourth-order valence-corrected chi connectivity index (χ4v) is 7.64. The van der Waals surface area contributed by atoms with Crippen LogP contribution in [0.2, 0.25) is 0 Å². The predicted molar refractivity (Wildman–Crippen MR) is 182 cm³/mol. The molecule has 0 aromatic heterocycles. The summed E-state index contributed by atoms with van der Waals surface area (Å²) in [4.78, 5) is 68.6. The first-order chi connectivity index (χ1) is 21.6. The molecule has 0 saturated carbocycles. The van der Waals surface area contributed by atoms with Crippen LogP contribution in [0.4, 0.5) is 4.79 Å². The Balaban J connectivity index is 2.32. The van der Waals surface area contributed by atoms with Gasteiger partial charge in [-0.05, 0) is 41.9 Å². The number of carbonyl (C=O) groups is 5. The van der Waals surface area contributed by atoms with Crippen LogP contribution in [0.15, 0.2) is 12.7 Å². The fourth-order valence-electron chi connectivity index (χ4n) is 6.10. The summed E-state index contributed by atoms with van der Waals surface area (Å²) in [5, 5.41) is 11.0. The number of ketones is 1. The lowest BCUT2D eigenvalue weighted by molar-refractivity contribution is -0.144. The average Bonchev–Trinajstić information content (AvgIpc) is 3.55. The molecule has 13 nitrogen and oxygen atoms in total. The quantitative estimate of drug-likeness (QED) is 0.161. The Kier molecular flexibility index (Phi) is 14.0. The number of hydrogen-bond donors (Lipinski definition) is 4. The second kappa shape index (κ2) is 16.4. The summed E-state index contributed by atoms with van der Waals surface area (Å²) in [6.07, 6.45) is 3.32. The van der Waals surface area contributed by atoms with Gasteiger partial charge in [-0.25, -0.2) is 13.2 Å². The SMILES string of the molecule is C=CCNC(=O)C(=O)C(CCC)NC(=O)[C@@H]1[C@@H](C(C)C)CCN1C(=O)[C@@H](NC(=O)N[C@H](CN1CCCS1(=O)=O)C(C)(C)C)C(C)(C)C. The van der Waals surface area contributed by atoms with Gasteiger partial charge in [-0.2, -0.15) is 4.31 Å². The molecule has 268 valence electrons. The summed E-state index contributed by atoms with van der Waals surface area (Å²) in [6.45, 7) is 21.4. The normalized spacial score (nSPS) is 21.9. The molecule has 0 aliphatic carbocycles. The van der Waals surface area contributed by atoms with E-state index in [1.807, 2.05) is 62.3 Å². The summed E-state index contributed by atoms with van der Waals surface area (Å²) >= 11 is 0. The number of Topliss-reactive ketones (excluding diaryl/α,β-unsaturated/α-hetero) is 1. The number of carbonyl (C=O) groups excluding carboxylic acids is 5. The van der Waals surface area contributed by atoms with E-state index in [0.29, 0.717) is 25.8 Å². The van der Waals surface area contributed by atoms with Crippen LogP contribution in [0.5, 0.6) is 0 Å². The third-order valence-electron chi connectivity index (χ3n) is 9.02. The van der Waals surface area contributed by atoms with Crippen LogP contribution in [0, 0.1) is 22.7 Å². The minimum Gasteiger partial charge on any atom is -0.346 e. The lowest BCUT2D eigenvalue weighted by Crippen LogP contribution is -2.62. The third kappa shape index (κ3) is 10.8. The zero-order valence-electron chi connectivity index (χ0n) is 29.8. The minimum absolute atomic E-state index is 0.0264. The predicted octanol–water partition coefficient (Wildman–Crippen LogP) is 2.18. The van der Waals surface area contributed by atoms with Gasteiger partial charge < -0.3 is 26.2 Å². The number of sulfonamides is 1. The maximum Gasteiger partial charge on any atom is 0.315 e. The monoisotopic (exact) mass is 682 g/mol. The van der Waals surface area contributed by atoms with Crippen molar-refractivity contribution in [3.63, 3.8) is 0 Å². The standard InChI is InChI=1S/C33H58N6O7S/c1-11-14-23(26(40)29(42)34-16-12-2)35-28(41)25-22(21(3)4)15-18-39(25)30(43)27(33(8,9)10)37-31(44)36-24(32(5,6)7)20-38-17-13-19-47(38,45)46/h12,21-25,27H,2,11,13-20H2,1,3-10H3,(H,34,42)(H,35,41)(H2,36,37,44)/t22-,23?,24-,25+,27-/m1/s1. The van der Waals surface area contributed by atoms with Gasteiger partial charge in [0.15, 0.2) is 0 Å². The van der Waals surface area contributed by atoms with Gasteiger partial charge in [-0.15, -0.1) is 6.58 Å². The molecular weight excluding hydrogens is 624 g/mol. The lowest BCUT2D eigenvalue weighted by atomic mass is 9.84. The number of amides is 5. The van der Waals surface area contributed by atoms with E-state index < -0.39 is 74.6 Å². The molecule has 14 heteroatoms. The molecule has 4 N–H and O–H groups in total. The molecule has 2 rings (SSSR count). The van der Waals surface area contributed by atoms with Crippen molar-refractivity contribution in [1.82, 2.24) is 30.5 Å². The van der Waals surface area contributed by atoms with Crippen LogP contribution in [-0.2, 0) is 29.2 Å². The largest absolute Gasteiger partial charge is 0.346 e. The van der Waals surface area contributed by atoms with Crippen LogP contribution in [0.25, 0.3) is 0 Å². The fraction of sp³-hybridized carbons (Fsp3) is 0.788. The number of nitrogens with one attached hydrogen (secondary N) is 4. The smallest absolute Gasteiger partial charge is 0.315 e. The number of rotatable bonds is 14. The van der Waals surface area contributed by atoms with Crippen LogP contribution in [0.3, 0.4) is 0 Å². The first-order valence-corrected chi connectivity index (χ1v) is 18.3. The van der Waals surface area contributed by atoms with E-state index in [1.165, 1.54) is 15.3 Å². The molecule has 0 spiro atoms. The Morgan fingerprint density at radius 2 is 1.60 bits per heavy atom. The van der Waals surface area contributed by atoms with E-state index in [9.17, 15) is 32.4 Å². The van der Waals surface area contributed by atoms with Gasteiger partial charge in [-0.3, -0.25) is 19.2 Å². The maximum atomic E-state index is 14.3. The summed E-state index contributed by atoms with van der Waals surface area (Å²) in [5.74, 6) is -2.65. The number of nitrogens with zero attached hydrogens (tertiary/aromatic N) is 2. The molecule has 2 fully saturated rings. The first-order valence-electron chi connectivity index (χ1n) is 16.7. The molecule has 1 unspecified atom stereocenters.